The first-order valence-corrected chi connectivity index (χ1v) is 10.2. The van der Waals surface area contributed by atoms with E-state index >= 15 is 0 Å². The summed E-state index contributed by atoms with van der Waals surface area (Å²) in [4.78, 5) is 24.1. The van der Waals surface area contributed by atoms with E-state index in [0.717, 1.165) is 32.1 Å². The minimum Gasteiger partial charge on any atom is -0.228 e. The van der Waals surface area contributed by atoms with Crippen LogP contribution >= 0.6 is 0 Å². The highest BCUT2D eigenvalue weighted by Crippen LogP contribution is 2.46. The van der Waals surface area contributed by atoms with Crippen LogP contribution < -0.4 is 0 Å². The van der Waals surface area contributed by atoms with Crippen molar-refractivity contribution in [1.82, 2.24) is 0 Å². The second-order valence-electron chi connectivity index (χ2n) is 9.32. The molecule has 4 heteroatoms. The molecular weight excluding hydrogens is 316 g/mol. The average molecular weight is 359 g/mol. The summed E-state index contributed by atoms with van der Waals surface area (Å²) in [7, 11) is 0. The van der Waals surface area contributed by atoms with Crippen LogP contribution in [0, 0.1) is 17.8 Å². The van der Waals surface area contributed by atoms with Gasteiger partial charge in [0.25, 0.3) is 0 Å². The lowest BCUT2D eigenvalue weighted by Gasteiger charge is -2.48. The van der Waals surface area contributed by atoms with Gasteiger partial charge in [-0.3, -0.25) is 0 Å². The van der Waals surface area contributed by atoms with E-state index in [1.807, 2.05) is 0 Å². The van der Waals surface area contributed by atoms with Crippen LogP contribution in [-0.4, -0.2) is 17.0 Å². The van der Waals surface area contributed by atoms with Crippen LogP contribution in [0.3, 0.4) is 0 Å². The lowest BCUT2D eigenvalue weighted by atomic mass is 9.71. The van der Waals surface area contributed by atoms with E-state index < -0.39 is 5.79 Å². The van der Waals surface area contributed by atoms with Crippen LogP contribution in [0.4, 0.5) is 0 Å². The average Bonchev–Trinajstić information content (AvgIpc) is 2.51. The molecule has 1 aliphatic rings. The zero-order chi connectivity index (χ0) is 19.3. The lowest BCUT2D eigenvalue weighted by molar-refractivity contribution is -0.569. The van der Waals surface area contributed by atoms with Crippen LogP contribution in [0.1, 0.15) is 101 Å². The molecule has 0 aliphatic heterocycles. The summed E-state index contributed by atoms with van der Waals surface area (Å²) < 4.78 is 0. The highest BCUT2D eigenvalue weighted by Gasteiger charge is 2.53. The van der Waals surface area contributed by atoms with E-state index in [9.17, 15) is 0 Å². The third-order valence-electron chi connectivity index (χ3n) is 5.73. The van der Waals surface area contributed by atoms with Gasteiger partial charge in [-0.2, -0.15) is 9.78 Å². The molecule has 1 rings (SSSR count). The predicted octanol–water partition coefficient (Wildman–Crippen LogP) is 6.44. The second-order valence-corrected chi connectivity index (χ2v) is 9.32. The Morgan fingerprint density at radius 1 is 0.800 bits per heavy atom. The molecule has 1 saturated carbocycles. The Kier molecular flexibility index (Phi) is 8.39. The largest absolute Gasteiger partial charge is 0.239 e. The number of rotatable bonds is 10. The summed E-state index contributed by atoms with van der Waals surface area (Å²) in [6.45, 7) is 19.2. The zero-order valence-electron chi connectivity index (χ0n) is 18.1. The third-order valence-corrected chi connectivity index (χ3v) is 5.73. The fourth-order valence-corrected chi connectivity index (χ4v) is 3.78. The lowest BCUT2D eigenvalue weighted by Crippen LogP contribution is -2.55. The summed E-state index contributed by atoms with van der Waals surface area (Å²) in [5.41, 5.74) is -0.686. The highest BCUT2D eigenvalue weighted by atomic mass is 17.3. The monoisotopic (exact) mass is 358 g/mol. The molecule has 150 valence electrons. The second kappa shape index (κ2) is 9.16. The molecule has 0 bridgehead atoms. The molecule has 0 N–H and O–H groups in total. The van der Waals surface area contributed by atoms with Gasteiger partial charge in [-0.1, -0.05) is 47.5 Å². The fourth-order valence-electron chi connectivity index (χ4n) is 3.78. The first-order valence-electron chi connectivity index (χ1n) is 10.2. The van der Waals surface area contributed by atoms with Crippen LogP contribution in [0.25, 0.3) is 0 Å². The fraction of sp³-hybridized carbons (Fsp3) is 1.00. The molecule has 3 unspecified atom stereocenters. The maximum atomic E-state index is 6.11. The molecule has 1 fully saturated rings. The molecule has 0 heterocycles. The van der Waals surface area contributed by atoms with Crippen molar-refractivity contribution in [2.45, 2.75) is 118 Å². The summed E-state index contributed by atoms with van der Waals surface area (Å²) in [6.07, 6.45) is 6.18. The molecule has 0 spiro atoms. The topological polar surface area (TPSA) is 36.9 Å². The minimum atomic E-state index is -0.867. The standard InChI is InChI=1S/C21H42O4/c1-10-14-19(6,7)22-24-21(25-23-20(8,9)15-11-2)17(4)13-12-16(3)18(21)5/h16-18H,10-15H2,1-9H3. The number of hydrogen-bond acceptors (Lipinski definition) is 4. The Morgan fingerprint density at radius 3 is 1.64 bits per heavy atom. The van der Waals surface area contributed by atoms with Crippen LogP contribution in [-0.2, 0) is 19.6 Å². The van der Waals surface area contributed by atoms with E-state index in [4.69, 9.17) is 19.6 Å². The summed E-state index contributed by atoms with van der Waals surface area (Å²) in [5.74, 6) is 0.0138. The molecule has 4 nitrogen and oxygen atoms in total. The Morgan fingerprint density at radius 2 is 1.24 bits per heavy atom. The Labute approximate surface area is 155 Å². The molecule has 0 radical (unpaired) electrons. The first-order chi connectivity index (χ1) is 11.5. The number of hydrogen-bond donors (Lipinski definition) is 0. The van der Waals surface area contributed by atoms with Gasteiger partial charge in [0.15, 0.2) is 0 Å². The molecule has 25 heavy (non-hydrogen) atoms. The molecule has 0 aromatic rings. The third kappa shape index (κ3) is 6.20. The SMILES string of the molecule is CCCC(C)(C)OOC1(OOC(C)(C)CCC)C(C)CCC(C)C1C. The van der Waals surface area contributed by atoms with E-state index in [-0.39, 0.29) is 23.0 Å². The summed E-state index contributed by atoms with van der Waals surface area (Å²) in [6, 6.07) is 0. The van der Waals surface area contributed by atoms with Gasteiger partial charge in [-0.15, -0.1) is 0 Å². The van der Waals surface area contributed by atoms with Crippen molar-refractivity contribution in [3.8, 4) is 0 Å². The summed E-state index contributed by atoms with van der Waals surface area (Å²) >= 11 is 0. The Hall–Kier alpha value is -0.160. The van der Waals surface area contributed by atoms with Gasteiger partial charge in [0.1, 0.15) is 0 Å². The van der Waals surface area contributed by atoms with E-state index in [1.165, 1.54) is 6.42 Å². The van der Waals surface area contributed by atoms with Crippen molar-refractivity contribution in [1.29, 1.82) is 0 Å². The summed E-state index contributed by atoms with van der Waals surface area (Å²) in [5, 5.41) is 0. The maximum Gasteiger partial charge on any atom is 0.239 e. The van der Waals surface area contributed by atoms with Gasteiger partial charge in [0, 0.05) is 11.8 Å². The molecular formula is C21H42O4. The molecule has 0 aromatic carbocycles. The van der Waals surface area contributed by atoms with Crippen molar-refractivity contribution in [3.63, 3.8) is 0 Å². The van der Waals surface area contributed by atoms with Crippen molar-refractivity contribution in [2.24, 2.45) is 17.8 Å². The minimum absolute atomic E-state index is 0.186. The van der Waals surface area contributed by atoms with Crippen molar-refractivity contribution in [3.05, 3.63) is 0 Å². The quantitative estimate of drug-likeness (QED) is 0.256. The Bertz CT molecular complexity index is 369. The van der Waals surface area contributed by atoms with Crippen LogP contribution in [0.5, 0.6) is 0 Å². The normalized spacial score (nSPS) is 27.5. The Balaban J connectivity index is 2.97. The van der Waals surface area contributed by atoms with Crippen molar-refractivity contribution in [2.75, 3.05) is 0 Å². The molecule has 1 aliphatic carbocycles. The molecule has 0 saturated heterocycles. The van der Waals surface area contributed by atoms with Gasteiger partial charge < -0.3 is 0 Å². The first kappa shape index (κ1) is 22.9. The van der Waals surface area contributed by atoms with Gasteiger partial charge in [0.2, 0.25) is 5.79 Å². The van der Waals surface area contributed by atoms with Crippen LogP contribution in [0.2, 0.25) is 0 Å². The van der Waals surface area contributed by atoms with E-state index in [2.05, 4.69) is 62.3 Å². The maximum absolute atomic E-state index is 6.11. The zero-order valence-corrected chi connectivity index (χ0v) is 18.1. The van der Waals surface area contributed by atoms with Crippen molar-refractivity contribution < 1.29 is 19.6 Å². The van der Waals surface area contributed by atoms with Crippen molar-refractivity contribution >= 4 is 0 Å². The van der Waals surface area contributed by atoms with Gasteiger partial charge in [-0.05, 0) is 59.3 Å². The highest BCUT2D eigenvalue weighted by molar-refractivity contribution is 4.89. The van der Waals surface area contributed by atoms with Crippen LogP contribution in [0.15, 0.2) is 0 Å². The molecule has 3 atom stereocenters. The predicted molar refractivity (Wildman–Crippen MR) is 102 cm³/mol. The molecule has 0 aromatic heterocycles. The van der Waals surface area contributed by atoms with E-state index in [0.29, 0.717) is 5.92 Å². The smallest absolute Gasteiger partial charge is 0.228 e. The van der Waals surface area contributed by atoms with Gasteiger partial charge in [0.05, 0.1) is 11.2 Å². The van der Waals surface area contributed by atoms with Gasteiger partial charge >= 0.3 is 0 Å². The van der Waals surface area contributed by atoms with E-state index in [1.54, 1.807) is 0 Å². The molecule has 0 amide bonds. The van der Waals surface area contributed by atoms with Gasteiger partial charge in [-0.25, -0.2) is 9.78 Å².